The van der Waals surface area contributed by atoms with Crippen LogP contribution in [0.5, 0.6) is 0 Å². The Morgan fingerprint density at radius 1 is 1.39 bits per heavy atom. The molecule has 0 amide bonds. The van der Waals surface area contributed by atoms with Gasteiger partial charge in [0.25, 0.3) is 0 Å². The van der Waals surface area contributed by atoms with E-state index in [0.717, 1.165) is 30.2 Å². The van der Waals surface area contributed by atoms with Crippen molar-refractivity contribution in [2.45, 2.75) is 13.0 Å². The van der Waals surface area contributed by atoms with Crippen LogP contribution in [0.1, 0.15) is 17.3 Å². The van der Waals surface area contributed by atoms with Crippen molar-refractivity contribution in [2.75, 3.05) is 26.7 Å². The standard InChI is InChI=1S/C14H18ClN3/c1-9-13(12-8-18(2)7-6-16-12)10-4-3-5-11(15)14(10)17-9/h3-5,12,16-17H,6-8H2,1-2H3. The summed E-state index contributed by atoms with van der Waals surface area (Å²) in [6.07, 6.45) is 0. The number of hydrogen-bond acceptors (Lipinski definition) is 2. The van der Waals surface area contributed by atoms with E-state index >= 15 is 0 Å². The van der Waals surface area contributed by atoms with Gasteiger partial charge in [-0.25, -0.2) is 0 Å². The third kappa shape index (κ3) is 1.92. The number of aromatic nitrogens is 1. The van der Waals surface area contributed by atoms with Crippen LogP contribution >= 0.6 is 11.6 Å². The van der Waals surface area contributed by atoms with Gasteiger partial charge in [0.15, 0.2) is 0 Å². The van der Waals surface area contributed by atoms with Crippen LogP contribution in [0.4, 0.5) is 0 Å². The first-order chi connectivity index (χ1) is 8.66. The van der Waals surface area contributed by atoms with E-state index in [0.29, 0.717) is 6.04 Å². The van der Waals surface area contributed by atoms with Crippen LogP contribution in [0.15, 0.2) is 18.2 Å². The molecule has 1 aromatic carbocycles. The molecule has 96 valence electrons. The van der Waals surface area contributed by atoms with Crippen molar-refractivity contribution in [1.29, 1.82) is 0 Å². The van der Waals surface area contributed by atoms with Gasteiger partial charge in [0.2, 0.25) is 0 Å². The summed E-state index contributed by atoms with van der Waals surface area (Å²) in [6, 6.07) is 6.49. The van der Waals surface area contributed by atoms with Gasteiger partial charge in [-0.3, -0.25) is 0 Å². The number of fused-ring (bicyclic) bond motifs is 1. The number of aromatic amines is 1. The second-order valence-electron chi connectivity index (χ2n) is 5.10. The van der Waals surface area contributed by atoms with Gasteiger partial charge < -0.3 is 15.2 Å². The maximum atomic E-state index is 6.25. The normalized spacial score (nSPS) is 21.6. The lowest BCUT2D eigenvalue weighted by atomic mass is 10.0. The van der Waals surface area contributed by atoms with Crippen LogP contribution < -0.4 is 5.32 Å². The Morgan fingerprint density at radius 2 is 2.22 bits per heavy atom. The molecular weight excluding hydrogens is 246 g/mol. The van der Waals surface area contributed by atoms with Crippen molar-refractivity contribution >= 4 is 22.5 Å². The Kier molecular flexibility index (Phi) is 3.06. The second kappa shape index (κ2) is 4.57. The molecule has 0 saturated carbocycles. The van der Waals surface area contributed by atoms with Gasteiger partial charge in [0.1, 0.15) is 0 Å². The maximum Gasteiger partial charge on any atom is 0.0648 e. The van der Waals surface area contributed by atoms with Crippen molar-refractivity contribution in [1.82, 2.24) is 15.2 Å². The van der Waals surface area contributed by atoms with Crippen LogP contribution in [0.25, 0.3) is 10.9 Å². The molecule has 4 heteroatoms. The Morgan fingerprint density at radius 3 is 3.00 bits per heavy atom. The van der Waals surface area contributed by atoms with Gasteiger partial charge in [0.05, 0.1) is 10.5 Å². The minimum Gasteiger partial charge on any atom is -0.357 e. The molecular formula is C14H18ClN3. The fourth-order valence-corrected chi connectivity index (χ4v) is 3.09. The summed E-state index contributed by atoms with van der Waals surface area (Å²) in [4.78, 5) is 5.78. The van der Waals surface area contributed by atoms with E-state index in [4.69, 9.17) is 11.6 Å². The number of likely N-dealkylation sites (N-methyl/N-ethyl adjacent to an activating group) is 1. The van der Waals surface area contributed by atoms with E-state index < -0.39 is 0 Å². The monoisotopic (exact) mass is 263 g/mol. The van der Waals surface area contributed by atoms with Gasteiger partial charge in [-0.1, -0.05) is 23.7 Å². The lowest BCUT2D eigenvalue weighted by Gasteiger charge is -2.31. The molecule has 3 rings (SSSR count). The molecule has 0 radical (unpaired) electrons. The van der Waals surface area contributed by atoms with Crippen LogP contribution in [0.2, 0.25) is 5.02 Å². The molecule has 0 aliphatic carbocycles. The number of benzene rings is 1. The highest BCUT2D eigenvalue weighted by atomic mass is 35.5. The molecule has 0 spiro atoms. The number of hydrogen-bond donors (Lipinski definition) is 2. The minimum atomic E-state index is 0.385. The van der Waals surface area contributed by atoms with Gasteiger partial charge in [0, 0.05) is 36.8 Å². The fraction of sp³-hybridized carbons (Fsp3) is 0.429. The highest BCUT2D eigenvalue weighted by Crippen LogP contribution is 2.32. The molecule has 1 saturated heterocycles. The molecule has 1 unspecified atom stereocenters. The van der Waals surface area contributed by atoms with Crippen LogP contribution in [0, 0.1) is 6.92 Å². The number of nitrogens with zero attached hydrogens (tertiary/aromatic N) is 1. The number of halogens is 1. The molecule has 18 heavy (non-hydrogen) atoms. The third-order valence-electron chi connectivity index (χ3n) is 3.75. The van der Waals surface area contributed by atoms with E-state index in [2.05, 4.69) is 35.2 Å². The summed E-state index contributed by atoms with van der Waals surface area (Å²) in [6.45, 7) is 5.31. The maximum absolute atomic E-state index is 6.25. The van der Waals surface area contributed by atoms with E-state index in [-0.39, 0.29) is 0 Å². The molecule has 1 aromatic heterocycles. The molecule has 1 aliphatic rings. The summed E-state index contributed by atoms with van der Waals surface area (Å²) < 4.78 is 0. The van der Waals surface area contributed by atoms with Crippen molar-refractivity contribution in [3.8, 4) is 0 Å². The Hall–Kier alpha value is -1.03. The first-order valence-electron chi connectivity index (χ1n) is 6.35. The van der Waals surface area contributed by atoms with Crippen LogP contribution in [0.3, 0.4) is 0 Å². The zero-order valence-electron chi connectivity index (χ0n) is 10.8. The highest BCUT2D eigenvalue weighted by molar-refractivity contribution is 6.35. The van der Waals surface area contributed by atoms with Crippen molar-refractivity contribution in [2.24, 2.45) is 0 Å². The Bertz CT molecular complexity index is 576. The molecule has 2 aromatic rings. The SMILES string of the molecule is Cc1[nH]c2c(Cl)cccc2c1C1CN(C)CCN1. The average molecular weight is 264 g/mol. The summed E-state index contributed by atoms with van der Waals surface area (Å²) in [5.41, 5.74) is 3.63. The molecule has 0 bridgehead atoms. The number of para-hydroxylation sites is 1. The number of rotatable bonds is 1. The smallest absolute Gasteiger partial charge is 0.0648 e. The summed E-state index contributed by atoms with van der Waals surface area (Å²) in [5.74, 6) is 0. The van der Waals surface area contributed by atoms with E-state index in [1.165, 1.54) is 16.6 Å². The molecule has 2 heterocycles. The molecule has 3 nitrogen and oxygen atoms in total. The van der Waals surface area contributed by atoms with Crippen molar-refractivity contribution in [3.05, 3.63) is 34.5 Å². The second-order valence-corrected chi connectivity index (χ2v) is 5.50. The lowest BCUT2D eigenvalue weighted by Crippen LogP contribution is -2.43. The quantitative estimate of drug-likeness (QED) is 0.829. The zero-order chi connectivity index (χ0) is 12.7. The predicted molar refractivity (Wildman–Crippen MR) is 76.3 cm³/mol. The van der Waals surface area contributed by atoms with Gasteiger partial charge >= 0.3 is 0 Å². The number of aryl methyl sites for hydroxylation is 1. The van der Waals surface area contributed by atoms with E-state index in [9.17, 15) is 0 Å². The van der Waals surface area contributed by atoms with Crippen molar-refractivity contribution in [3.63, 3.8) is 0 Å². The Labute approximate surface area is 112 Å². The molecule has 1 fully saturated rings. The topological polar surface area (TPSA) is 31.1 Å². The molecule has 2 N–H and O–H groups in total. The highest BCUT2D eigenvalue weighted by Gasteiger charge is 2.23. The van der Waals surface area contributed by atoms with Crippen molar-refractivity contribution < 1.29 is 0 Å². The lowest BCUT2D eigenvalue weighted by molar-refractivity contribution is 0.241. The largest absolute Gasteiger partial charge is 0.357 e. The average Bonchev–Trinajstić information content (AvgIpc) is 2.67. The fourth-order valence-electron chi connectivity index (χ4n) is 2.87. The first-order valence-corrected chi connectivity index (χ1v) is 6.73. The third-order valence-corrected chi connectivity index (χ3v) is 4.06. The summed E-state index contributed by atoms with van der Waals surface area (Å²) >= 11 is 6.25. The number of H-pyrrole nitrogens is 1. The van der Waals surface area contributed by atoms with E-state index in [1.807, 2.05) is 12.1 Å². The first kappa shape index (κ1) is 12.0. The summed E-state index contributed by atoms with van der Waals surface area (Å²) in [7, 11) is 2.17. The molecule has 1 aliphatic heterocycles. The number of piperazine rings is 1. The van der Waals surface area contributed by atoms with Crippen LogP contribution in [-0.4, -0.2) is 36.6 Å². The van der Waals surface area contributed by atoms with Gasteiger partial charge in [-0.15, -0.1) is 0 Å². The summed E-state index contributed by atoms with van der Waals surface area (Å²) in [5, 5.41) is 5.64. The number of nitrogens with one attached hydrogen (secondary N) is 2. The van der Waals surface area contributed by atoms with Gasteiger partial charge in [-0.05, 0) is 25.6 Å². The van der Waals surface area contributed by atoms with E-state index in [1.54, 1.807) is 0 Å². The predicted octanol–water partition coefficient (Wildman–Crippen LogP) is 2.71. The minimum absolute atomic E-state index is 0.385. The molecule has 1 atom stereocenters. The zero-order valence-corrected chi connectivity index (χ0v) is 11.5. The van der Waals surface area contributed by atoms with Gasteiger partial charge in [-0.2, -0.15) is 0 Å². The van der Waals surface area contributed by atoms with Crippen LogP contribution in [-0.2, 0) is 0 Å². The Balaban J connectivity index is 2.10.